The van der Waals surface area contributed by atoms with Gasteiger partial charge < -0.3 is 5.11 Å². The molecule has 0 unspecified atom stereocenters. The summed E-state index contributed by atoms with van der Waals surface area (Å²) in [4.78, 5) is 12.8. The molecule has 0 aliphatic heterocycles. The fourth-order valence-electron chi connectivity index (χ4n) is 2.90. The average molecular weight is 268 g/mol. The molecule has 0 heterocycles. The van der Waals surface area contributed by atoms with Crippen LogP contribution < -0.4 is 0 Å². The molecule has 0 saturated carbocycles. The van der Waals surface area contributed by atoms with Crippen molar-refractivity contribution in [1.29, 1.82) is 0 Å². The van der Waals surface area contributed by atoms with Gasteiger partial charge in [-0.1, -0.05) is 23.8 Å². The minimum absolute atomic E-state index is 0.0619. The van der Waals surface area contributed by atoms with Crippen LogP contribution in [0.5, 0.6) is 5.75 Å². The minimum atomic E-state index is -0.102. The molecule has 0 aliphatic rings. The smallest absolute Gasteiger partial charge is 0.197 e. The highest BCUT2D eigenvalue weighted by atomic mass is 16.3. The second kappa shape index (κ2) is 5.12. The highest BCUT2D eigenvalue weighted by Crippen LogP contribution is 2.28. The zero-order valence-electron chi connectivity index (χ0n) is 12.7. The van der Waals surface area contributed by atoms with Gasteiger partial charge >= 0.3 is 0 Å². The number of hydrogen-bond donors (Lipinski definition) is 1. The minimum Gasteiger partial charge on any atom is -0.507 e. The predicted octanol–water partition coefficient (Wildman–Crippen LogP) is 4.17. The quantitative estimate of drug-likeness (QED) is 0.830. The van der Waals surface area contributed by atoms with E-state index >= 15 is 0 Å². The molecule has 2 nitrogen and oxygen atoms in total. The number of ketones is 1. The van der Waals surface area contributed by atoms with Gasteiger partial charge in [-0.2, -0.15) is 0 Å². The number of benzene rings is 2. The monoisotopic (exact) mass is 268 g/mol. The molecule has 2 aromatic rings. The van der Waals surface area contributed by atoms with Gasteiger partial charge in [-0.15, -0.1) is 0 Å². The Hall–Kier alpha value is -2.09. The molecule has 2 rings (SSSR count). The van der Waals surface area contributed by atoms with Crippen molar-refractivity contribution in [2.45, 2.75) is 34.6 Å². The maximum Gasteiger partial charge on any atom is 0.197 e. The van der Waals surface area contributed by atoms with E-state index in [4.69, 9.17) is 0 Å². The molecule has 0 radical (unpaired) electrons. The topological polar surface area (TPSA) is 37.3 Å². The first kappa shape index (κ1) is 14.3. The second-order valence-corrected chi connectivity index (χ2v) is 5.58. The molecule has 0 spiro atoms. The Balaban J connectivity index is 2.64. The fraction of sp³-hybridized carbons (Fsp3) is 0.278. The van der Waals surface area contributed by atoms with Gasteiger partial charge in [0.1, 0.15) is 5.75 Å². The van der Waals surface area contributed by atoms with E-state index < -0.39 is 0 Å². The lowest BCUT2D eigenvalue weighted by atomic mass is 9.90. The third-order valence-corrected chi connectivity index (χ3v) is 3.59. The van der Waals surface area contributed by atoms with Crippen molar-refractivity contribution < 1.29 is 9.90 Å². The van der Waals surface area contributed by atoms with Crippen LogP contribution in [0.3, 0.4) is 0 Å². The maximum atomic E-state index is 12.8. The number of phenolic OH excluding ortho intramolecular Hbond substituents is 1. The van der Waals surface area contributed by atoms with E-state index in [2.05, 4.69) is 0 Å². The lowest BCUT2D eigenvalue weighted by Crippen LogP contribution is -2.09. The lowest BCUT2D eigenvalue weighted by molar-refractivity contribution is 0.103. The lowest BCUT2D eigenvalue weighted by Gasteiger charge is -2.13. The highest BCUT2D eigenvalue weighted by molar-refractivity contribution is 6.13. The van der Waals surface area contributed by atoms with E-state index in [-0.39, 0.29) is 11.5 Å². The number of phenols is 1. The summed E-state index contributed by atoms with van der Waals surface area (Å²) >= 11 is 0. The number of carbonyl (C=O) groups is 1. The van der Waals surface area contributed by atoms with Crippen molar-refractivity contribution in [1.82, 2.24) is 0 Å². The number of hydrogen-bond acceptors (Lipinski definition) is 2. The van der Waals surface area contributed by atoms with E-state index in [0.29, 0.717) is 11.1 Å². The van der Waals surface area contributed by atoms with Crippen molar-refractivity contribution >= 4 is 5.78 Å². The zero-order chi connectivity index (χ0) is 15.0. The molecule has 104 valence electrons. The van der Waals surface area contributed by atoms with Crippen molar-refractivity contribution in [3.05, 3.63) is 63.2 Å². The van der Waals surface area contributed by atoms with Crippen molar-refractivity contribution in [2.24, 2.45) is 0 Å². The Labute approximate surface area is 120 Å². The number of aryl methyl sites for hydroxylation is 5. The molecule has 0 saturated heterocycles. The van der Waals surface area contributed by atoms with Gasteiger partial charge in [-0.3, -0.25) is 4.79 Å². The van der Waals surface area contributed by atoms with Crippen LogP contribution >= 0.6 is 0 Å². The summed E-state index contributed by atoms with van der Waals surface area (Å²) in [5, 5.41) is 10.1. The van der Waals surface area contributed by atoms with Crippen LogP contribution in [0.25, 0.3) is 0 Å². The summed E-state index contributed by atoms with van der Waals surface area (Å²) in [6.45, 7) is 9.66. The second-order valence-electron chi connectivity index (χ2n) is 5.58. The molecular formula is C18H20O2. The summed E-state index contributed by atoms with van der Waals surface area (Å²) in [5.41, 5.74) is 5.91. The molecule has 0 aromatic heterocycles. The molecule has 1 N–H and O–H groups in total. The van der Waals surface area contributed by atoms with Crippen LogP contribution in [0.2, 0.25) is 0 Å². The first-order valence-corrected chi connectivity index (χ1v) is 6.74. The summed E-state index contributed by atoms with van der Waals surface area (Å²) < 4.78 is 0. The van der Waals surface area contributed by atoms with Gasteiger partial charge in [0.15, 0.2) is 5.78 Å². The summed E-state index contributed by atoms with van der Waals surface area (Å²) in [7, 11) is 0. The van der Waals surface area contributed by atoms with Crippen LogP contribution in [0.1, 0.15) is 43.7 Å². The Morgan fingerprint density at radius 2 is 1.15 bits per heavy atom. The Kier molecular flexibility index (Phi) is 3.67. The van der Waals surface area contributed by atoms with Gasteiger partial charge in [0, 0.05) is 5.56 Å². The van der Waals surface area contributed by atoms with E-state index in [1.807, 2.05) is 52.8 Å². The van der Waals surface area contributed by atoms with E-state index in [0.717, 1.165) is 27.8 Å². The third-order valence-electron chi connectivity index (χ3n) is 3.59. The number of carbonyl (C=O) groups excluding carboxylic acids is 1. The highest BCUT2D eigenvalue weighted by Gasteiger charge is 2.20. The Morgan fingerprint density at radius 3 is 1.60 bits per heavy atom. The van der Waals surface area contributed by atoms with E-state index in [1.54, 1.807) is 6.07 Å². The normalized spacial score (nSPS) is 10.7. The molecule has 0 atom stereocenters. The SMILES string of the molecule is Cc1cc(C)c(C(=O)c2c(C)cc(C)cc2O)c(C)c1. The first-order valence-electron chi connectivity index (χ1n) is 6.74. The Bertz CT molecular complexity index is 591. The van der Waals surface area contributed by atoms with Crippen LogP contribution in [0.4, 0.5) is 0 Å². The fourth-order valence-corrected chi connectivity index (χ4v) is 2.90. The van der Waals surface area contributed by atoms with Crippen LogP contribution in [-0.2, 0) is 0 Å². The third kappa shape index (κ3) is 2.46. The van der Waals surface area contributed by atoms with Crippen molar-refractivity contribution in [3.63, 3.8) is 0 Å². The standard InChI is InChI=1S/C18H20O2/c1-10-6-12(3)16(13(4)7-10)18(20)17-14(5)8-11(2)9-15(17)19/h6-9,19H,1-5H3. The summed E-state index contributed by atoms with van der Waals surface area (Å²) in [5.74, 6) is -0.0399. The molecule has 0 amide bonds. The van der Waals surface area contributed by atoms with Crippen LogP contribution in [0, 0.1) is 34.6 Å². The average Bonchev–Trinajstić information content (AvgIpc) is 2.25. The summed E-state index contributed by atoms with van der Waals surface area (Å²) in [6.07, 6.45) is 0. The molecule has 0 bridgehead atoms. The van der Waals surface area contributed by atoms with Gasteiger partial charge in [0.05, 0.1) is 5.56 Å². The largest absolute Gasteiger partial charge is 0.507 e. The maximum absolute atomic E-state index is 12.8. The molecular weight excluding hydrogens is 248 g/mol. The molecule has 0 aliphatic carbocycles. The van der Waals surface area contributed by atoms with Crippen molar-refractivity contribution in [2.75, 3.05) is 0 Å². The van der Waals surface area contributed by atoms with Gasteiger partial charge in [-0.25, -0.2) is 0 Å². The van der Waals surface area contributed by atoms with Gasteiger partial charge in [-0.05, 0) is 62.9 Å². The molecule has 20 heavy (non-hydrogen) atoms. The Morgan fingerprint density at radius 1 is 0.750 bits per heavy atom. The first-order chi connectivity index (χ1) is 9.31. The summed E-state index contributed by atoms with van der Waals surface area (Å²) in [6, 6.07) is 7.56. The van der Waals surface area contributed by atoms with Crippen molar-refractivity contribution in [3.8, 4) is 5.75 Å². The molecule has 2 aromatic carbocycles. The number of aromatic hydroxyl groups is 1. The van der Waals surface area contributed by atoms with Gasteiger partial charge in [0.25, 0.3) is 0 Å². The predicted molar refractivity (Wildman–Crippen MR) is 81.7 cm³/mol. The molecule has 0 fully saturated rings. The number of rotatable bonds is 2. The molecule has 2 heteroatoms. The van der Waals surface area contributed by atoms with E-state index in [9.17, 15) is 9.90 Å². The van der Waals surface area contributed by atoms with Crippen LogP contribution in [-0.4, -0.2) is 10.9 Å². The zero-order valence-corrected chi connectivity index (χ0v) is 12.7. The van der Waals surface area contributed by atoms with Crippen LogP contribution in [0.15, 0.2) is 24.3 Å². The van der Waals surface area contributed by atoms with E-state index in [1.165, 1.54) is 0 Å². The van der Waals surface area contributed by atoms with Gasteiger partial charge in [0.2, 0.25) is 0 Å².